The van der Waals surface area contributed by atoms with Crippen LogP contribution < -0.4 is 16.4 Å². The summed E-state index contributed by atoms with van der Waals surface area (Å²) in [7, 11) is 0. The number of carbonyl (C=O) groups is 2. The number of aromatic nitrogens is 7. The number of amides is 1. The fraction of sp³-hybridized carbons (Fsp3) is 0.838. The maximum Gasteiger partial charge on any atom is 0.217 e. The number of imidazole rings is 1. The van der Waals surface area contributed by atoms with Gasteiger partial charge in [0.15, 0.2) is 0 Å². The van der Waals surface area contributed by atoms with Crippen molar-refractivity contribution in [3.05, 3.63) is 49.1 Å². The van der Waals surface area contributed by atoms with Gasteiger partial charge in [-0.25, -0.2) is 9.67 Å². The van der Waals surface area contributed by atoms with E-state index in [9.17, 15) is 9.59 Å². The molecule has 0 unspecified atom stereocenters. The molecule has 0 aliphatic carbocycles. The Morgan fingerprint density at radius 3 is 1.27 bits per heavy atom. The first-order valence-corrected chi connectivity index (χ1v) is 29.6. The number of H-pyrrole nitrogens is 1. The van der Waals surface area contributed by atoms with Crippen molar-refractivity contribution >= 4 is 17.4 Å². The molecule has 17 heteroatoms. The maximum atomic E-state index is 10.8. The number of tetrazole rings is 1. The molecule has 1 amide bonds. The van der Waals surface area contributed by atoms with Crippen LogP contribution in [0, 0.1) is 16.2 Å². The molecule has 0 atom stereocenters. The number of carbonyl (C=O) groups excluding carboxylic acids is 2. The van der Waals surface area contributed by atoms with Crippen LogP contribution in [0.25, 0.3) is 0 Å². The number of primary amides is 1. The van der Waals surface area contributed by atoms with E-state index in [-0.39, 0.29) is 75.8 Å². The lowest BCUT2D eigenvalue weighted by Crippen LogP contribution is -2.51. The molecule has 3 aromatic rings. The van der Waals surface area contributed by atoms with Gasteiger partial charge in [0.05, 0.1) is 11.3 Å². The predicted octanol–water partition coefficient (Wildman–Crippen LogP) is 17.1. The van der Waals surface area contributed by atoms with E-state index in [1.54, 1.807) is 17.2 Å². The molecule has 17 nitrogen and oxygen atoms in total. The molecule has 0 spiro atoms. The van der Waals surface area contributed by atoms with Gasteiger partial charge in [-0.2, -0.15) is 5.11 Å². The zero-order chi connectivity index (χ0) is 63.0. The number of nitrogens with one attached hydrogen (secondary N) is 3. The zero-order valence-electron chi connectivity index (χ0n) is 57.3. The third-order valence-corrected chi connectivity index (χ3v) is 12.0. The van der Waals surface area contributed by atoms with Gasteiger partial charge in [0, 0.05) is 103 Å². The minimum Gasteiger partial charge on any atom is -0.370 e. The fourth-order valence-electron chi connectivity index (χ4n) is 7.00. The van der Waals surface area contributed by atoms with Gasteiger partial charge in [-0.1, -0.05) is 134 Å². The highest BCUT2D eigenvalue weighted by molar-refractivity contribution is 5.91. The Morgan fingerprint density at radius 1 is 0.624 bits per heavy atom. The quantitative estimate of drug-likeness (QED) is 0.190. The molecule has 3 aliphatic heterocycles. The molecule has 5 N–H and O–H groups in total. The lowest BCUT2D eigenvalue weighted by atomic mass is 9.89. The number of nitrogens with zero attached hydrogens (tertiary/aromatic N) is 11. The summed E-state index contributed by atoms with van der Waals surface area (Å²) in [6.45, 7) is 71.2. The normalized spacial score (nSPS) is 14.3. The second-order valence-corrected chi connectivity index (χ2v) is 30.3. The summed E-state index contributed by atoms with van der Waals surface area (Å²) in [5, 5.41) is 28.6. The van der Waals surface area contributed by atoms with Crippen LogP contribution in [0.3, 0.4) is 0 Å². The molecule has 2 fully saturated rings. The SMILES string of the molecule is C.C.C.C.C.CC(C)(C)C1=NN=NC1.CC(C)(C)CCC(N)=O.CC(C)(C)N1CCCC1.CC(C)(C)N1CCNCC1.CC(C)(C)c1ncc[nH]1.CC(C)(C)n1cccc1.CC(C)(C)n1cnnn1.CCC(=O)CC(C)(C)C.CCNC(C)(C)C. The summed E-state index contributed by atoms with van der Waals surface area (Å²) in [6.07, 6.45) is 15.0. The molecule has 506 valence electrons. The van der Waals surface area contributed by atoms with Crippen molar-refractivity contribution < 1.29 is 9.59 Å². The monoisotopic (exact) mass is 1210 g/mol. The highest BCUT2D eigenvalue weighted by Gasteiger charge is 2.24. The van der Waals surface area contributed by atoms with Crippen molar-refractivity contribution in [3.8, 4) is 0 Å². The third-order valence-electron chi connectivity index (χ3n) is 12.0. The van der Waals surface area contributed by atoms with Crippen molar-refractivity contribution in [2.45, 2.75) is 310 Å². The van der Waals surface area contributed by atoms with Crippen LogP contribution in [-0.4, -0.2) is 131 Å². The molecule has 0 saturated carbocycles. The average molecular weight is 1210 g/mol. The van der Waals surface area contributed by atoms with E-state index in [1.165, 1.54) is 39.0 Å². The number of aromatic amines is 1. The second-order valence-electron chi connectivity index (χ2n) is 30.3. The van der Waals surface area contributed by atoms with Crippen LogP contribution in [0.5, 0.6) is 0 Å². The van der Waals surface area contributed by atoms with Gasteiger partial charge in [-0.3, -0.25) is 19.4 Å². The summed E-state index contributed by atoms with van der Waals surface area (Å²) >= 11 is 0. The van der Waals surface area contributed by atoms with E-state index in [2.05, 4.69) is 251 Å². The maximum absolute atomic E-state index is 10.8. The Balaban J connectivity index is -0.000000130. The van der Waals surface area contributed by atoms with E-state index in [0.717, 1.165) is 37.6 Å². The smallest absolute Gasteiger partial charge is 0.217 e. The second kappa shape index (κ2) is 45.1. The number of Topliss-reactive ketones (excluding diaryl/α,β-unsaturated/α-hetero) is 1. The van der Waals surface area contributed by atoms with Crippen molar-refractivity contribution in [2.24, 2.45) is 37.4 Å². The summed E-state index contributed by atoms with van der Waals surface area (Å²) < 4.78 is 3.90. The van der Waals surface area contributed by atoms with Crippen molar-refractivity contribution in [1.29, 1.82) is 0 Å². The molecule has 2 saturated heterocycles. The van der Waals surface area contributed by atoms with Crippen molar-refractivity contribution in [2.75, 3.05) is 52.4 Å². The first-order chi connectivity index (χ1) is 36.1. The molecule has 0 aromatic carbocycles. The number of ketones is 1. The molecule has 0 bridgehead atoms. The van der Waals surface area contributed by atoms with Gasteiger partial charge in [0.2, 0.25) is 5.91 Å². The third kappa shape index (κ3) is 57.3. The van der Waals surface area contributed by atoms with Gasteiger partial charge >= 0.3 is 0 Å². The number of nitrogens with two attached hydrogens (primary N) is 1. The number of piperazine rings is 1. The summed E-state index contributed by atoms with van der Waals surface area (Å²) in [6, 6.07) is 4.09. The molecule has 6 rings (SSSR count). The van der Waals surface area contributed by atoms with Crippen LogP contribution in [0.15, 0.2) is 58.7 Å². The van der Waals surface area contributed by atoms with Crippen molar-refractivity contribution in [3.63, 3.8) is 0 Å². The highest BCUT2D eigenvalue weighted by atomic mass is 16.1. The van der Waals surface area contributed by atoms with Gasteiger partial charge in [-0.15, -0.1) is 10.2 Å². The van der Waals surface area contributed by atoms with Crippen LogP contribution in [0.4, 0.5) is 0 Å². The van der Waals surface area contributed by atoms with Crippen molar-refractivity contribution in [1.82, 2.24) is 55.2 Å². The number of rotatable bonds is 5. The highest BCUT2D eigenvalue weighted by Crippen LogP contribution is 2.22. The van der Waals surface area contributed by atoms with E-state index < -0.39 is 0 Å². The Bertz CT molecular complexity index is 1930. The van der Waals surface area contributed by atoms with Gasteiger partial charge in [0.1, 0.15) is 24.5 Å². The minimum atomic E-state index is -0.204. The summed E-state index contributed by atoms with van der Waals surface area (Å²) in [5.41, 5.74) is 8.06. The first kappa shape index (κ1) is 97.1. The van der Waals surface area contributed by atoms with Gasteiger partial charge in [0.25, 0.3) is 0 Å². The number of likely N-dealkylation sites (tertiary alicyclic amines) is 1. The topological polar surface area (TPSA) is 205 Å². The first-order valence-electron chi connectivity index (χ1n) is 29.6. The Hall–Kier alpha value is -4.19. The molecule has 3 aliphatic rings. The average Bonchev–Trinajstić information content (AvgIpc) is 4.15. The van der Waals surface area contributed by atoms with Gasteiger partial charge in [-0.05, 0) is 181 Å². The van der Waals surface area contributed by atoms with E-state index in [1.807, 2.05) is 46.0 Å². The molecule has 85 heavy (non-hydrogen) atoms. The zero-order valence-corrected chi connectivity index (χ0v) is 57.3. The molecular weight excluding hydrogens is 1060 g/mol. The Labute approximate surface area is 528 Å². The number of hydrogen-bond acceptors (Lipinski definition) is 13. The summed E-state index contributed by atoms with van der Waals surface area (Å²) in [4.78, 5) is 33.4. The lowest BCUT2D eigenvalue weighted by Gasteiger charge is -2.38. The predicted molar refractivity (Wildman–Crippen MR) is 375 cm³/mol. The van der Waals surface area contributed by atoms with E-state index in [4.69, 9.17) is 5.73 Å². The van der Waals surface area contributed by atoms with E-state index in [0.29, 0.717) is 48.2 Å². The standard InChI is InChI=1S/C8H18N2.C8H17N.C8H13N.C8H16O.C7H12N2.C7H15NO.C6H11N3.C6H15N.C5H10N4.5CH4/c1-8(2,3)10-6-4-9-5-7-10;2*1-8(2,3)9-6-4-5-7-9;1-5-7(9)6-8(2,3)4;1-7(2,3)6-8-4-5-9-6;1-7(2,3)5-4-6(8)9;1-6(2,3)5-4-7-9-8-5;1-5-7-6(2,3)4;1-5(2,3)9-4-6-7-8-9;;;;;/h9H,4-7H2,1-3H3;4-7H2,1-3H3;4-7H,1-3H3;5-6H2,1-4H3;4-5H,1-3H3,(H,8,9);4-5H2,1-3H3,(H2,8,9);4H2,1-3H3;7H,5H2,1-4H3;4H,1-3H3;5*1H4. The fourth-order valence-corrected chi connectivity index (χ4v) is 7.00. The minimum absolute atomic E-state index is 0. The van der Waals surface area contributed by atoms with Crippen LogP contribution in [-0.2, 0) is 26.1 Å². The Kier molecular flexibility index (Phi) is 51.5. The largest absolute Gasteiger partial charge is 0.370 e. The molecular formula is C68H147N15O2. The Morgan fingerprint density at radius 2 is 1.09 bits per heavy atom. The van der Waals surface area contributed by atoms with Gasteiger partial charge < -0.3 is 25.9 Å². The van der Waals surface area contributed by atoms with Crippen LogP contribution in [0.1, 0.15) is 282 Å². The molecule has 0 radical (unpaired) electrons. The van der Waals surface area contributed by atoms with Crippen LogP contribution >= 0.6 is 0 Å². The molecule has 3 aromatic heterocycles. The van der Waals surface area contributed by atoms with Crippen LogP contribution in [0.2, 0.25) is 0 Å². The summed E-state index contributed by atoms with van der Waals surface area (Å²) in [5.74, 6) is 1.20. The lowest BCUT2D eigenvalue weighted by molar-refractivity contribution is -0.120. The molecule has 6 heterocycles. The number of hydrogen-bond donors (Lipinski definition) is 4. The van der Waals surface area contributed by atoms with E-state index >= 15 is 0 Å².